The van der Waals surface area contributed by atoms with Crippen LogP contribution >= 0.6 is 0 Å². The minimum atomic E-state index is 0. The van der Waals surface area contributed by atoms with Crippen molar-refractivity contribution < 1.29 is 21.5 Å². The Morgan fingerprint density at radius 1 is 0.909 bits per heavy atom. The van der Waals surface area contributed by atoms with E-state index in [0.29, 0.717) is 11.8 Å². The Bertz CT molecular complexity index is 703. The van der Waals surface area contributed by atoms with Crippen LogP contribution in [-0.4, -0.2) is 31.7 Å². The first kappa shape index (κ1) is 15.5. The maximum atomic E-state index is 2.45. The van der Waals surface area contributed by atoms with Crippen LogP contribution in [0.4, 0.5) is 0 Å². The zero-order valence-electron chi connectivity index (χ0n) is 13.2. The largest absolute Gasteiger partial charge is 1.00 e. The molecule has 22 heavy (non-hydrogen) atoms. The molecular weight excluding hydrogens is 334 g/mol. The van der Waals surface area contributed by atoms with Gasteiger partial charge >= 0.3 is 0 Å². The molecule has 0 spiro atoms. The minimum absolute atomic E-state index is 0. The maximum absolute atomic E-state index is 2.45. The second-order valence-electron chi connectivity index (χ2n) is 7.12. The lowest BCUT2D eigenvalue weighted by atomic mass is 9.73. The van der Waals surface area contributed by atoms with Gasteiger partial charge < -0.3 is 21.5 Å². The first-order valence-corrected chi connectivity index (χ1v) is 7.80. The average Bonchev–Trinajstić information content (AvgIpc) is 2.78. The van der Waals surface area contributed by atoms with E-state index < -0.39 is 0 Å². The molecule has 0 bridgehead atoms. The third kappa shape index (κ3) is 2.55. The molecule has 1 aliphatic heterocycles. The van der Waals surface area contributed by atoms with Gasteiger partial charge in [-0.3, -0.25) is 0 Å². The van der Waals surface area contributed by atoms with Crippen LogP contribution in [0.1, 0.15) is 22.6 Å². The smallest absolute Gasteiger partial charge is 0.101 e. The highest BCUT2D eigenvalue weighted by molar-refractivity contribution is 5.64. The summed E-state index contributed by atoms with van der Waals surface area (Å²) in [5.74, 6) is 1.17. The number of hydrogen-bond acceptors (Lipinski definition) is 0. The van der Waals surface area contributed by atoms with Gasteiger partial charge in [-0.15, -0.1) is 0 Å². The number of likely N-dealkylation sites (tertiary alicyclic amines) is 1. The lowest BCUT2D eigenvalue weighted by Crippen LogP contribution is -3.00. The van der Waals surface area contributed by atoms with Gasteiger partial charge in [0.1, 0.15) is 6.54 Å². The monoisotopic (exact) mass is 355 g/mol. The number of nitrogens with zero attached hydrogens (tertiary/aromatic N) is 1. The molecule has 4 rings (SSSR count). The lowest BCUT2D eigenvalue weighted by Gasteiger charge is -2.30. The van der Waals surface area contributed by atoms with Crippen LogP contribution in [0.15, 0.2) is 60.2 Å². The van der Waals surface area contributed by atoms with Crippen LogP contribution < -0.4 is 17.0 Å². The van der Waals surface area contributed by atoms with E-state index in [0.717, 1.165) is 4.48 Å². The Kier molecular flexibility index (Phi) is 4.00. The third-order valence-corrected chi connectivity index (χ3v) is 5.01. The number of rotatable bonds is 1. The van der Waals surface area contributed by atoms with E-state index in [2.05, 4.69) is 74.8 Å². The Morgan fingerprint density at radius 3 is 2.36 bits per heavy atom. The maximum Gasteiger partial charge on any atom is 0.101 e. The summed E-state index contributed by atoms with van der Waals surface area (Å²) in [6, 6.07) is 20.0. The van der Waals surface area contributed by atoms with E-state index in [1.165, 1.54) is 29.8 Å². The van der Waals surface area contributed by atoms with E-state index in [4.69, 9.17) is 0 Å². The molecule has 0 amide bonds. The Hall–Kier alpha value is -1.38. The van der Waals surface area contributed by atoms with E-state index in [1.54, 1.807) is 5.57 Å². The van der Waals surface area contributed by atoms with Crippen molar-refractivity contribution in [1.82, 2.24) is 0 Å². The van der Waals surface area contributed by atoms with E-state index >= 15 is 0 Å². The molecule has 2 aliphatic rings. The summed E-state index contributed by atoms with van der Waals surface area (Å²) in [5.41, 5.74) is 6.01. The highest BCUT2D eigenvalue weighted by Gasteiger charge is 2.43. The van der Waals surface area contributed by atoms with Crippen LogP contribution in [0.25, 0.3) is 6.08 Å². The molecule has 2 aromatic rings. The van der Waals surface area contributed by atoms with Crippen molar-refractivity contribution in [2.24, 2.45) is 5.92 Å². The first-order chi connectivity index (χ1) is 10.1. The van der Waals surface area contributed by atoms with Gasteiger partial charge in [-0.25, -0.2) is 0 Å². The van der Waals surface area contributed by atoms with Crippen LogP contribution in [0.5, 0.6) is 0 Å². The molecule has 1 heterocycles. The minimum Gasteiger partial charge on any atom is -1.00 e. The molecule has 2 aromatic carbocycles. The van der Waals surface area contributed by atoms with Gasteiger partial charge in [0.15, 0.2) is 0 Å². The molecule has 114 valence electrons. The predicted octanol–water partition coefficient (Wildman–Crippen LogP) is 0.926. The van der Waals surface area contributed by atoms with Crippen molar-refractivity contribution in [2.75, 3.05) is 27.2 Å². The van der Waals surface area contributed by atoms with Gasteiger partial charge in [-0.2, -0.15) is 0 Å². The lowest BCUT2D eigenvalue weighted by molar-refractivity contribution is -0.877. The van der Waals surface area contributed by atoms with Gasteiger partial charge in [0.25, 0.3) is 0 Å². The Labute approximate surface area is 143 Å². The van der Waals surface area contributed by atoms with Gasteiger partial charge in [-0.05, 0) is 28.3 Å². The highest BCUT2D eigenvalue weighted by atomic mass is 79.9. The molecular formula is C20H22BrN. The quantitative estimate of drug-likeness (QED) is 0.667. The van der Waals surface area contributed by atoms with E-state index in [1.807, 2.05) is 0 Å². The predicted molar refractivity (Wildman–Crippen MR) is 88.0 cm³/mol. The van der Waals surface area contributed by atoms with E-state index in [-0.39, 0.29) is 17.0 Å². The molecule has 2 unspecified atom stereocenters. The summed E-state index contributed by atoms with van der Waals surface area (Å²) < 4.78 is 1.10. The summed E-state index contributed by atoms with van der Waals surface area (Å²) >= 11 is 0. The summed E-state index contributed by atoms with van der Waals surface area (Å²) in [7, 11) is 4.71. The molecule has 0 saturated carbocycles. The second kappa shape index (κ2) is 5.68. The van der Waals surface area contributed by atoms with Crippen molar-refractivity contribution in [1.29, 1.82) is 0 Å². The molecule has 0 aromatic heterocycles. The van der Waals surface area contributed by atoms with Crippen molar-refractivity contribution in [2.45, 2.75) is 5.92 Å². The molecule has 2 atom stereocenters. The van der Waals surface area contributed by atoms with Crippen LogP contribution in [-0.2, 0) is 0 Å². The third-order valence-electron chi connectivity index (χ3n) is 5.01. The zero-order valence-corrected chi connectivity index (χ0v) is 14.8. The van der Waals surface area contributed by atoms with Crippen molar-refractivity contribution >= 4 is 6.08 Å². The number of likely N-dealkylation sites (N-methyl/N-ethyl adjacent to an activating group) is 1. The molecule has 1 aliphatic carbocycles. The Balaban J connectivity index is 0.00000144. The van der Waals surface area contributed by atoms with Crippen LogP contribution in [0.3, 0.4) is 0 Å². The van der Waals surface area contributed by atoms with Crippen LogP contribution in [0, 0.1) is 5.92 Å². The summed E-state index contributed by atoms with van der Waals surface area (Å²) in [5, 5.41) is 0. The van der Waals surface area contributed by atoms with Gasteiger partial charge in [0.05, 0.1) is 20.6 Å². The molecule has 0 N–H and O–H groups in total. The fraction of sp³-hybridized carbons (Fsp3) is 0.300. The molecule has 1 saturated heterocycles. The standard InChI is InChI=1S/C20H22N.BrH/c1-21(2)13-17-12-16-10-6-7-11-18(16)20(19(17)14-21)15-8-4-3-5-9-15;/h3-12,19-20H,13-14H2,1-2H3;1H/q+1;/p-1. The number of quaternary nitrogens is 1. The first-order valence-electron chi connectivity index (χ1n) is 7.80. The van der Waals surface area contributed by atoms with Gasteiger partial charge in [-0.1, -0.05) is 54.6 Å². The number of hydrogen-bond donors (Lipinski definition) is 0. The van der Waals surface area contributed by atoms with Gasteiger partial charge in [0.2, 0.25) is 0 Å². The van der Waals surface area contributed by atoms with E-state index in [9.17, 15) is 0 Å². The number of halogens is 1. The Morgan fingerprint density at radius 2 is 1.59 bits per heavy atom. The van der Waals surface area contributed by atoms with Crippen molar-refractivity contribution in [3.05, 3.63) is 76.9 Å². The molecule has 0 radical (unpaired) electrons. The number of benzene rings is 2. The second-order valence-corrected chi connectivity index (χ2v) is 7.12. The van der Waals surface area contributed by atoms with Crippen molar-refractivity contribution in [3.63, 3.8) is 0 Å². The van der Waals surface area contributed by atoms with Gasteiger partial charge in [0, 0.05) is 11.8 Å². The zero-order chi connectivity index (χ0) is 14.4. The normalized spacial score (nSPS) is 24.7. The molecule has 2 heteroatoms. The highest BCUT2D eigenvalue weighted by Crippen LogP contribution is 2.46. The fourth-order valence-electron chi connectivity index (χ4n) is 4.21. The van der Waals surface area contributed by atoms with Crippen molar-refractivity contribution in [3.8, 4) is 0 Å². The average molecular weight is 356 g/mol. The van der Waals surface area contributed by atoms with Crippen LogP contribution in [0.2, 0.25) is 0 Å². The summed E-state index contributed by atoms with van der Waals surface area (Å²) in [4.78, 5) is 0. The fourth-order valence-corrected chi connectivity index (χ4v) is 4.21. The number of fused-ring (bicyclic) bond motifs is 2. The molecule has 1 nitrogen and oxygen atoms in total. The topological polar surface area (TPSA) is 0 Å². The summed E-state index contributed by atoms with van der Waals surface area (Å²) in [6.07, 6.45) is 2.45. The molecule has 1 fully saturated rings. The summed E-state index contributed by atoms with van der Waals surface area (Å²) in [6.45, 7) is 2.42. The SMILES string of the molecule is C[N+]1(C)CC2=Cc3ccccc3C(c3ccccc3)C2C1.[Br-].